The summed E-state index contributed by atoms with van der Waals surface area (Å²) in [6, 6.07) is 3.28. The lowest BCUT2D eigenvalue weighted by Crippen LogP contribution is -2.42. The number of carboxylic acid groups (broad SMARTS) is 1. The third kappa shape index (κ3) is 3.41. The number of carboxylic acids is 1. The van der Waals surface area contributed by atoms with E-state index >= 15 is 0 Å². The second-order valence-electron chi connectivity index (χ2n) is 5.76. The van der Waals surface area contributed by atoms with E-state index < -0.39 is 11.4 Å². The van der Waals surface area contributed by atoms with Crippen LogP contribution in [0.3, 0.4) is 0 Å². The van der Waals surface area contributed by atoms with Gasteiger partial charge in [-0.25, -0.2) is 0 Å². The first-order chi connectivity index (χ1) is 9.85. The van der Waals surface area contributed by atoms with Gasteiger partial charge in [0.1, 0.15) is 0 Å². The summed E-state index contributed by atoms with van der Waals surface area (Å²) in [6.07, 6.45) is 1.20. The summed E-state index contributed by atoms with van der Waals surface area (Å²) in [7, 11) is 1.48. The van der Waals surface area contributed by atoms with E-state index in [-0.39, 0.29) is 5.75 Å². The van der Waals surface area contributed by atoms with Gasteiger partial charge in [0.2, 0.25) is 0 Å². The number of benzene rings is 1. The van der Waals surface area contributed by atoms with Crippen LogP contribution in [-0.4, -0.2) is 41.3 Å². The Balaban J connectivity index is 2.07. The summed E-state index contributed by atoms with van der Waals surface area (Å²) in [5.74, 6) is -0.298. The van der Waals surface area contributed by atoms with Crippen LogP contribution in [0.2, 0.25) is 5.02 Å². The molecule has 0 spiro atoms. The summed E-state index contributed by atoms with van der Waals surface area (Å²) in [5, 5.41) is 19.9. The van der Waals surface area contributed by atoms with E-state index in [4.69, 9.17) is 16.3 Å². The van der Waals surface area contributed by atoms with Gasteiger partial charge in [-0.3, -0.25) is 9.69 Å². The highest BCUT2D eigenvalue weighted by Crippen LogP contribution is 2.36. The quantitative estimate of drug-likeness (QED) is 0.894. The Morgan fingerprint density at radius 2 is 2.05 bits per heavy atom. The molecule has 1 aliphatic heterocycles. The van der Waals surface area contributed by atoms with Crippen molar-refractivity contribution in [3.8, 4) is 11.5 Å². The van der Waals surface area contributed by atoms with Crippen LogP contribution in [0, 0.1) is 5.41 Å². The molecule has 2 N–H and O–H groups in total. The zero-order chi connectivity index (χ0) is 15.6. The van der Waals surface area contributed by atoms with Gasteiger partial charge in [-0.15, -0.1) is 0 Å². The number of ether oxygens (including phenoxy) is 1. The second-order valence-corrected chi connectivity index (χ2v) is 6.19. The van der Waals surface area contributed by atoms with E-state index in [1.807, 2.05) is 0 Å². The monoisotopic (exact) mass is 313 g/mol. The molecule has 0 saturated carbocycles. The van der Waals surface area contributed by atoms with Crippen molar-refractivity contribution < 1.29 is 19.7 Å². The van der Waals surface area contributed by atoms with Gasteiger partial charge in [-0.2, -0.15) is 0 Å². The molecule has 2 rings (SSSR count). The molecule has 1 saturated heterocycles. The van der Waals surface area contributed by atoms with Crippen molar-refractivity contribution >= 4 is 17.6 Å². The predicted octanol–water partition coefficient (Wildman–Crippen LogP) is 2.74. The molecule has 0 aromatic heterocycles. The first-order valence-corrected chi connectivity index (χ1v) is 7.24. The molecule has 0 amide bonds. The molecule has 116 valence electrons. The molecular weight excluding hydrogens is 294 g/mol. The highest BCUT2D eigenvalue weighted by atomic mass is 35.5. The molecule has 21 heavy (non-hydrogen) atoms. The van der Waals surface area contributed by atoms with Crippen LogP contribution in [0.15, 0.2) is 12.1 Å². The molecule has 0 radical (unpaired) electrons. The van der Waals surface area contributed by atoms with Crippen LogP contribution in [0.4, 0.5) is 0 Å². The number of hydrogen-bond acceptors (Lipinski definition) is 4. The topological polar surface area (TPSA) is 70.0 Å². The number of aromatic hydroxyl groups is 1. The van der Waals surface area contributed by atoms with Crippen molar-refractivity contribution in [2.45, 2.75) is 26.3 Å². The van der Waals surface area contributed by atoms with Gasteiger partial charge in [0.25, 0.3) is 0 Å². The number of phenolic OH excluding ortho intramolecular Hbond substituents is 1. The Kier molecular flexibility index (Phi) is 4.64. The first-order valence-electron chi connectivity index (χ1n) is 6.87. The molecule has 0 unspecified atom stereocenters. The minimum absolute atomic E-state index is 0.0912. The number of rotatable bonds is 4. The van der Waals surface area contributed by atoms with Gasteiger partial charge in [-0.05, 0) is 38.9 Å². The van der Waals surface area contributed by atoms with Crippen molar-refractivity contribution in [2.75, 3.05) is 20.2 Å². The SMILES string of the molecule is COc1cc(Cl)cc(CN2CCC(C)(C(=O)O)CC2)c1O. The summed E-state index contributed by atoms with van der Waals surface area (Å²) in [5.41, 5.74) is 0.0446. The lowest BCUT2D eigenvalue weighted by molar-refractivity contribution is -0.150. The number of phenols is 1. The van der Waals surface area contributed by atoms with Crippen molar-refractivity contribution in [3.63, 3.8) is 0 Å². The average molecular weight is 314 g/mol. The summed E-state index contributed by atoms with van der Waals surface area (Å²) in [4.78, 5) is 13.4. The average Bonchev–Trinajstić information content (AvgIpc) is 2.44. The third-order valence-electron chi connectivity index (χ3n) is 4.21. The minimum atomic E-state index is -0.741. The largest absolute Gasteiger partial charge is 0.504 e. The number of carbonyl (C=O) groups is 1. The van der Waals surface area contributed by atoms with Gasteiger partial charge in [-0.1, -0.05) is 11.6 Å². The molecule has 1 heterocycles. The van der Waals surface area contributed by atoms with Gasteiger partial charge in [0, 0.05) is 23.2 Å². The molecule has 0 atom stereocenters. The fraction of sp³-hybridized carbons (Fsp3) is 0.533. The van der Waals surface area contributed by atoms with Crippen molar-refractivity contribution in [1.29, 1.82) is 0 Å². The van der Waals surface area contributed by atoms with Gasteiger partial charge in [0.15, 0.2) is 11.5 Å². The van der Waals surface area contributed by atoms with E-state index in [9.17, 15) is 15.0 Å². The van der Waals surface area contributed by atoms with Crippen molar-refractivity contribution in [1.82, 2.24) is 4.90 Å². The van der Waals surface area contributed by atoms with Gasteiger partial charge in [0.05, 0.1) is 12.5 Å². The second kappa shape index (κ2) is 6.12. The highest BCUT2D eigenvalue weighted by Gasteiger charge is 2.36. The van der Waals surface area contributed by atoms with Crippen LogP contribution in [0.1, 0.15) is 25.3 Å². The van der Waals surface area contributed by atoms with Crippen LogP contribution >= 0.6 is 11.6 Å². The normalized spacial score (nSPS) is 18.4. The summed E-state index contributed by atoms with van der Waals surface area (Å²) < 4.78 is 5.09. The molecule has 6 heteroatoms. The summed E-state index contributed by atoms with van der Waals surface area (Å²) >= 11 is 6.02. The maximum atomic E-state index is 11.2. The Bertz CT molecular complexity index is 539. The Labute approximate surface area is 129 Å². The van der Waals surface area contributed by atoms with E-state index in [0.29, 0.717) is 48.8 Å². The van der Waals surface area contributed by atoms with Crippen LogP contribution in [0.5, 0.6) is 11.5 Å². The maximum Gasteiger partial charge on any atom is 0.309 e. The predicted molar refractivity (Wildman–Crippen MR) is 79.9 cm³/mol. The Morgan fingerprint density at radius 1 is 1.43 bits per heavy atom. The Hall–Kier alpha value is -1.46. The Morgan fingerprint density at radius 3 is 2.57 bits per heavy atom. The zero-order valence-electron chi connectivity index (χ0n) is 12.2. The van der Waals surface area contributed by atoms with Crippen LogP contribution in [0.25, 0.3) is 0 Å². The number of methoxy groups -OCH3 is 1. The summed E-state index contributed by atoms with van der Waals surface area (Å²) in [6.45, 7) is 3.67. The number of piperidine rings is 1. The van der Waals surface area contributed by atoms with E-state index in [0.717, 1.165) is 0 Å². The molecule has 1 aromatic rings. The molecule has 1 fully saturated rings. The van der Waals surface area contributed by atoms with Crippen molar-refractivity contribution in [3.05, 3.63) is 22.7 Å². The number of halogens is 1. The standard InChI is InChI=1S/C15H20ClNO4/c1-15(14(19)20)3-5-17(6-4-15)9-10-7-11(16)8-12(21-2)13(10)18/h7-8,18H,3-6,9H2,1-2H3,(H,19,20). The lowest BCUT2D eigenvalue weighted by atomic mass is 9.80. The van der Waals surface area contributed by atoms with E-state index in [2.05, 4.69) is 4.90 Å². The molecule has 0 bridgehead atoms. The molecule has 1 aliphatic rings. The van der Waals surface area contributed by atoms with E-state index in [1.54, 1.807) is 19.1 Å². The third-order valence-corrected chi connectivity index (χ3v) is 4.43. The van der Waals surface area contributed by atoms with E-state index in [1.165, 1.54) is 7.11 Å². The maximum absolute atomic E-state index is 11.2. The highest BCUT2D eigenvalue weighted by molar-refractivity contribution is 6.30. The van der Waals surface area contributed by atoms with Gasteiger partial charge < -0.3 is 14.9 Å². The smallest absolute Gasteiger partial charge is 0.309 e. The zero-order valence-corrected chi connectivity index (χ0v) is 13.0. The molecule has 1 aromatic carbocycles. The molecule has 0 aliphatic carbocycles. The fourth-order valence-electron chi connectivity index (χ4n) is 2.56. The van der Waals surface area contributed by atoms with Crippen molar-refractivity contribution in [2.24, 2.45) is 5.41 Å². The lowest BCUT2D eigenvalue weighted by Gasteiger charge is -2.36. The van der Waals surface area contributed by atoms with Crippen LogP contribution in [-0.2, 0) is 11.3 Å². The van der Waals surface area contributed by atoms with Gasteiger partial charge >= 0.3 is 5.97 Å². The number of aliphatic carboxylic acids is 1. The van der Waals surface area contributed by atoms with Crippen LogP contribution < -0.4 is 4.74 Å². The fourth-order valence-corrected chi connectivity index (χ4v) is 2.79. The number of nitrogens with zero attached hydrogens (tertiary/aromatic N) is 1. The molecular formula is C15H20ClNO4. The molecule has 5 nitrogen and oxygen atoms in total. The number of likely N-dealkylation sites (tertiary alicyclic amines) is 1. The number of hydrogen-bond donors (Lipinski definition) is 2. The first kappa shape index (κ1) is 15.9. The minimum Gasteiger partial charge on any atom is -0.504 e.